The van der Waals surface area contributed by atoms with Crippen LogP contribution in [0.3, 0.4) is 0 Å². The number of hydrogen-bond donors (Lipinski definition) is 0. The summed E-state index contributed by atoms with van der Waals surface area (Å²) in [6.45, 7) is 21.3. The maximum atomic E-state index is 15.0. The second-order valence-electron chi connectivity index (χ2n) is 7.64. The zero-order valence-electron chi connectivity index (χ0n) is 20.1. The molecular formula is C29H35FO2. The van der Waals surface area contributed by atoms with Crippen molar-refractivity contribution in [3.63, 3.8) is 0 Å². The minimum atomic E-state index is -0.421. The fraction of sp³-hybridized carbons (Fsp3) is 0.276. The fourth-order valence-corrected chi connectivity index (χ4v) is 2.91. The summed E-state index contributed by atoms with van der Waals surface area (Å²) in [5.41, 5.74) is 6.01. The molecule has 0 heterocycles. The molecule has 2 nitrogen and oxygen atoms in total. The van der Waals surface area contributed by atoms with Gasteiger partial charge < -0.3 is 4.74 Å². The predicted molar refractivity (Wildman–Crippen MR) is 136 cm³/mol. The summed E-state index contributed by atoms with van der Waals surface area (Å²) < 4.78 is 20.3. The number of allylic oxidation sites excluding steroid dienone is 9. The summed E-state index contributed by atoms with van der Waals surface area (Å²) in [6, 6.07) is 5.16. The normalized spacial score (nSPS) is 12.8. The highest BCUT2D eigenvalue weighted by molar-refractivity contribution is 5.87. The van der Waals surface area contributed by atoms with Gasteiger partial charge in [-0.15, -0.1) is 0 Å². The number of esters is 1. The number of halogens is 1. The first-order valence-corrected chi connectivity index (χ1v) is 10.8. The summed E-state index contributed by atoms with van der Waals surface area (Å²) >= 11 is 0. The van der Waals surface area contributed by atoms with Crippen LogP contribution in [-0.2, 0) is 9.53 Å². The molecule has 32 heavy (non-hydrogen) atoms. The van der Waals surface area contributed by atoms with Crippen LogP contribution in [0.2, 0.25) is 0 Å². The number of carbonyl (C=O) groups excluding carboxylic acids is 1. The van der Waals surface area contributed by atoms with Gasteiger partial charge in [-0.3, -0.25) is 0 Å². The molecule has 0 aliphatic carbocycles. The molecule has 0 saturated heterocycles. The Labute approximate surface area is 192 Å². The molecule has 0 radical (unpaired) electrons. The standard InChI is InChI=1S/C29H35FO2/c1-9-21(6)12-13-23(8)27-15-14-24(19-28(27)30)26(11-3)25(18-22(7)10-2)16-17-32-29(31)20(4)5/h9,11-15,18-19H,4,7-8,10,16-17H2,1-3,5-6H3/b13-12-,21-9-,25-18-,26-11-. The summed E-state index contributed by atoms with van der Waals surface area (Å²) in [7, 11) is 0. The van der Waals surface area contributed by atoms with Crippen LogP contribution in [0.15, 0.2) is 90.6 Å². The van der Waals surface area contributed by atoms with Gasteiger partial charge >= 0.3 is 5.97 Å². The smallest absolute Gasteiger partial charge is 0.333 e. The van der Waals surface area contributed by atoms with Gasteiger partial charge in [0, 0.05) is 17.6 Å². The van der Waals surface area contributed by atoms with Gasteiger partial charge in [0.25, 0.3) is 0 Å². The molecule has 3 heteroatoms. The van der Waals surface area contributed by atoms with E-state index in [9.17, 15) is 9.18 Å². The topological polar surface area (TPSA) is 26.3 Å². The Hall–Kier alpha value is -3.20. The van der Waals surface area contributed by atoms with Gasteiger partial charge in [-0.2, -0.15) is 0 Å². The molecule has 0 aliphatic heterocycles. The Morgan fingerprint density at radius 1 is 1.09 bits per heavy atom. The molecule has 0 fully saturated rings. The van der Waals surface area contributed by atoms with Gasteiger partial charge in [0.2, 0.25) is 0 Å². The van der Waals surface area contributed by atoms with E-state index in [0.717, 1.165) is 34.3 Å². The molecule has 0 atom stereocenters. The molecule has 0 bridgehead atoms. The van der Waals surface area contributed by atoms with E-state index < -0.39 is 5.97 Å². The number of hydrogen-bond acceptors (Lipinski definition) is 2. The van der Waals surface area contributed by atoms with Crippen LogP contribution in [0.25, 0.3) is 11.1 Å². The molecule has 0 saturated carbocycles. The number of rotatable bonds is 11. The van der Waals surface area contributed by atoms with Crippen LogP contribution in [0.5, 0.6) is 0 Å². The molecule has 0 amide bonds. The van der Waals surface area contributed by atoms with E-state index in [0.29, 0.717) is 23.1 Å². The van der Waals surface area contributed by atoms with E-state index in [-0.39, 0.29) is 12.4 Å². The first-order valence-electron chi connectivity index (χ1n) is 10.8. The fourth-order valence-electron chi connectivity index (χ4n) is 2.91. The Kier molecular flexibility index (Phi) is 11.1. The Morgan fingerprint density at radius 2 is 1.78 bits per heavy atom. The van der Waals surface area contributed by atoms with Crippen molar-refractivity contribution in [2.45, 2.75) is 47.5 Å². The zero-order valence-corrected chi connectivity index (χ0v) is 20.1. The lowest BCUT2D eigenvalue weighted by molar-refractivity contribution is -0.138. The van der Waals surface area contributed by atoms with Gasteiger partial charge in [0.1, 0.15) is 5.82 Å². The van der Waals surface area contributed by atoms with Crippen LogP contribution in [0.1, 0.15) is 58.6 Å². The van der Waals surface area contributed by atoms with Gasteiger partial charge in [0.15, 0.2) is 0 Å². The molecular weight excluding hydrogens is 399 g/mol. The van der Waals surface area contributed by atoms with E-state index in [4.69, 9.17) is 4.74 Å². The molecule has 1 aromatic carbocycles. The van der Waals surface area contributed by atoms with Crippen molar-refractivity contribution in [1.82, 2.24) is 0 Å². The van der Waals surface area contributed by atoms with Crippen molar-refractivity contribution >= 4 is 17.1 Å². The molecule has 1 rings (SSSR count). The third kappa shape index (κ3) is 8.14. The van der Waals surface area contributed by atoms with Gasteiger partial charge in [-0.1, -0.05) is 80.3 Å². The van der Waals surface area contributed by atoms with E-state index >= 15 is 0 Å². The number of ether oxygens (including phenoxy) is 1. The molecule has 0 aromatic heterocycles. The maximum Gasteiger partial charge on any atom is 0.333 e. The van der Waals surface area contributed by atoms with Crippen molar-refractivity contribution in [1.29, 1.82) is 0 Å². The maximum absolute atomic E-state index is 15.0. The summed E-state index contributed by atoms with van der Waals surface area (Å²) in [4.78, 5) is 11.7. The third-order valence-corrected chi connectivity index (χ3v) is 5.05. The zero-order chi connectivity index (χ0) is 24.3. The SMILES string of the molecule is C=C(/C=C(CCOC(=O)C(=C)C)\C(=C/C)c1ccc(C(=C)/C=C\C(C)=C/C)c(F)c1)CC. The lowest BCUT2D eigenvalue weighted by atomic mass is 9.92. The Bertz CT molecular complexity index is 1000. The Balaban J connectivity index is 3.22. The van der Waals surface area contributed by atoms with Crippen molar-refractivity contribution in [2.24, 2.45) is 0 Å². The molecule has 0 N–H and O–H groups in total. The van der Waals surface area contributed by atoms with Crippen LogP contribution in [0, 0.1) is 5.82 Å². The van der Waals surface area contributed by atoms with Crippen LogP contribution < -0.4 is 0 Å². The second kappa shape index (κ2) is 13.3. The van der Waals surface area contributed by atoms with E-state index in [1.165, 1.54) is 6.07 Å². The van der Waals surface area contributed by atoms with Gasteiger partial charge in [-0.05, 0) is 62.5 Å². The lowest BCUT2D eigenvalue weighted by Crippen LogP contribution is -2.07. The van der Waals surface area contributed by atoms with Gasteiger partial charge in [0.05, 0.1) is 6.61 Å². The first-order chi connectivity index (χ1) is 15.1. The van der Waals surface area contributed by atoms with Gasteiger partial charge in [-0.25, -0.2) is 9.18 Å². The summed E-state index contributed by atoms with van der Waals surface area (Å²) in [5.74, 6) is -0.757. The predicted octanol–water partition coefficient (Wildman–Crippen LogP) is 8.17. The van der Waals surface area contributed by atoms with Crippen LogP contribution >= 0.6 is 0 Å². The monoisotopic (exact) mass is 434 g/mol. The molecule has 0 aliphatic rings. The number of carbonyl (C=O) groups is 1. The molecule has 0 spiro atoms. The summed E-state index contributed by atoms with van der Waals surface area (Å²) in [5, 5.41) is 0. The number of benzene rings is 1. The Morgan fingerprint density at radius 3 is 2.31 bits per heavy atom. The van der Waals surface area contributed by atoms with Crippen molar-refractivity contribution < 1.29 is 13.9 Å². The molecule has 170 valence electrons. The van der Waals surface area contributed by atoms with E-state index in [1.807, 2.05) is 64.1 Å². The van der Waals surface area contributed by atoms with E-state index in [2.05, 4.69) is 19.7 Å². The highest BCUT2D eigenvalue weighted by Gasteiger charge is 2.13. The van der Waals surface area contributed by atoms with Crippen LogP contribution in [-0.4, -0.2) is 12.6 Å². The largest absolute Gasteiger partial charge is 0.462 e. The average Bonchev–Trinajstić information content (AvgIpc) is 2.77. The minimum absolute atomic E-state index is 0.207. The summed E-state index contributed by atoms with van der Waals surface area (Å²) in [6.07, 6.45) is 10.9. The molecule has 1 aromatic rings. The average molecular weight is 435 g/mol. The molecule has 0 unspecified atom stereocenters. The lowest BCUT2D eigenvalue weighted by Gasteiger charge is -2.15. The highest BCUT2D eigenvalue weighted by Crippen LogP contribution is 2.30. The van der Waals surface area contributed by atoms with Crippen molar-refractivity contribution in [2.75, 3.05) is 6.61 Å². The quantitative estimate of drug-likeness (QED) is 0.199. The highest BCUT2D eigenvalue weighted by atomic mass is 19.1. The van der Waals surface area contributed by atoms with E-state index in [1.54, 1.807) is 13.0 Å². The van der Waals surface area contributed by atoms with Crippen LogP contribution in [0.4, 0.5) is 4.39 Å². The second-order valence-corrected chi connectivity index (χ2v) is 7.64. The van der Waals surface area contributed by atoms with Crippen molar-refractivity contribution in [3.05, 3.63) is 108 Å². The van der Waals surface area contributed by atoms with Crippen molar-refractivity contribution in [3.8, 4) is 0 Å². The minimum Gasteiger partial charge on any atom is -0.462 e. The first kappa shape index (κ1) is 26.8. The third-order valence-electron chi connectivity index (χ3n) is 5.05.